The second kappa shape index (κ2) is 4.34. The van der Waals surface area contributed by atoms with E-state index in [-0.39, 0.29) is 0 Å². The number of benzene rings is 1. The lowest BCUT2D eigenvalue weighted by Gasteiger charge is -2.34. The number of aromatic nitrogens is 1. The Bertz CT molecular complexity index is 510. The van der Waals surface area contributed by atoms with Crippen molar-refractivity contribution in [2.24, 2.45) is 0 Å². The highest BCUT2D eigenvalue weighted by Crippen LogP contribution is 2.25. The Morgan fingerprint density at radius 1 is 1.00 bits per heavy atom. The molecule has 0 unspecified atom stereocenters. The Kier molecular flexibility index (Phi) is 2.69. The van der Waals surface area contributed by atoms with Crippen molar-refractivity contribution in [1.29, 1.82) is 0 Å². The maximum atomic E-state index is 4.52. The molecule has 1 saturated heterocycles. The minimum atomic E-state index is 1.09. The second-order valence-corrected chi connectivity index (χ2v) is 4.64. The molecule has 3 heteroatoms. The smallest absolute Gasteiger partial charge is 0.0935 e. The Hall–Kier alpha value is -1.61. The number of pyridine rings is 1. The summed E-state index contributed by atoms with van der Waals surface area (Å²) < 4.78 is 0. The average Bonchev–Trinajstić information content (AvgIpc) is 2.39. The van der Waals surface area contributed by atoms with E-state index >= 15 is 0 Å². The summed E-state index contributed by atoms with van der Waals surface area (Å²) in [4.78, 5) is 9.33. The lowest BCUT2D eigenvalue weighted by Crippen LogP contribution is -2.44. The second-order valence-electron chi connectivity index (χ2n) is 4.64. The molecule has 1 aliphatic rings. The quantitative estimate of drug-likeness (QED) is 0.742. The molecule has 17 heavy (non-hydrogen) atoms. The third-order valence-corrected chi connectivity index (χ3v) is 3.46. The molecule has 88 valence electrons. The van der Waals surface area contributed by atoms with Crippen LogP contribution in [0.5, 0.6) is 0 Å². The van der Waals surface area contributed by atoms with Gasteiger partial charge in [0.1, 0.15) is 0 Å². The molecule has 0 amide bonds. The van der Waals surface area contributed by atoms with Gasteiger partial charge in [-0.1, -0.05) is 18.2 Å². The molecule has 0 saturated carbocycles. The minimum Gasteiger partial charge on any atom is -0.367 e. The van der Waals surface area contributed by atoms with Crippen molar-refractivity contribution in [2.75, 3.05) is 38.1 Å². The van der Waals surface area contributed by atoms with Gasteiger partial charge >= 0.3 is 0 Å². The van der Waals surface area contributed by atoms with Crippen molar-refractivity contribution >= 4 is 16.6 Å². The summed E-state index contributed by atoms with van der Waals surface area (Å²) in [6, 6.07) is 10.6. The summed E-state index contributed by atoms with van der Waals surface area (Å²) in [6.07, 6.45) is 1.88. The summed E-state index contributed by atoms with van der Waals surface area (Å²) in [6.45, 7) is 4.44. The average molecular weight is 227 g/mol. The summed E-state index contributed by atoms with van der Waals surface area (Å²) in [5.74, 6) is 0. The minimum absolute atomic E-state index is 1.09. The van der Waals surface area contributed by atoms with E-state index in [1.165, 1.54) is 11.1 Å². The number of rotatable bonds is 1. The van der Waals surface area contributed by atoms with Crippen LogP contribution in [-0.2, 0) is 0 Å². The van der Waals surface area contributed by atoms with Gasteiger partial charge in [0.25, 0.3) is 0 Å². The zero-order chi connectivity index (χ0) is 11.7. The molecule has 0 spiro atoms. The summed E-state index contributed by atoms with van der Waals surface area (Å²) >= 11 is 0. The number of para-hydroxylation sites is 1. The van der Waals surface area contributed by atoms with Gasteiger partial charge in [0.15, 0.2) is 0 Å². The SMILES string of the molecule is CN1CCN(c2cccc3cccnc23)CC1. The summed E-state index contributed by atoms with van der Waals surface area (Å²) in [7, 11) is 2.18. The van der Waals surface area contributed by atoms with Gasteiger partial charge in [-0.3, -0.25) is 4.98 Å². The maximum absolute atomic E-state index is 4.52. The first-order chi connectivity index (χ1) is 8.34. The third kappa shape index (κ3) is 1.98. The monoisotopic (exact) mass is 227 g/mol. The molecule has 0 aliphatic carbocycles. The highest BCUT2D eigenvalue weighted by molar-refractivity contribution is 5.90. The topological polar surface area (TPSA) is 19.4 Å². The molecule has 0 atom stereocenters. The van der Waals surface area contributed by atoms with Crippen LogP contribution >= 0.6 is 0 Å². The van der Waals surface area contributed by atoms with Gasteiger partial charge < -0.3 is 9.80 Å². The Balaban J connectivity index is 2.00. The molecule has 0 N–H and O–H groups in total. The lowest BCUT2D eigenvalue weighted by atomic mass is 10.1. The Morgan fingerprint density at radius 2 is 1.76 bits per heavy atom. The fourth-order valence-electron chi connectivity index (χ4n) is 2.39. The standard InChI is InChI=1S/C14H17N3/c1-16-8-10-17(11-9-16)13-6-2-4-12-5-3-7-15-14(12)13/h2-7H,8-11H2,1H3. The number of piperazine rings is 1. The number of likely N-dealkylation sites (N-methyl/N-ethyl adjacent to an activating group) is 1. The van der Waals surface area contributed by atoms with Crippen LogP contribution in [0.3, 0.4) is 0 Å². The van der Waals surface area contributed by atoms with Gasteiger partial charge in [-0.25, -0.2) is 0 Å². The van der Waals surface area contributed by atoms with E-state index in [4.69, 9.17) is 0 Å². The van der Waals surface area contributed by atoms with E-state index in [0.717, 1.165) is 31.7 Å². The highest BCUT2D eigenvalue weighted by Gasteiger charge is 2.16. The van der Waals surface area contributed by atoms with Crippen LogP contribution < -0.4 is 4.90 Å². The fourth-order valence-corrected chi connectivity index (χ4v) is 2.39. The predicted molar refractivity (Wildman–Crippen MR) is 71.5 cm³/mol. The van der Waals surface area contributed by atoms with Crippen LogP contribution in [-0.4, -0.2) is 43.1 Å². The number of hydrogen-bond donors (Lipinski definition) is 0. The molecule has 2 heterocycles. The van der Waals surface area contributed by atoms with Gasteiger partial charge in [0.05, 0.1) is 11.2 Å². The Morgan fingerprint density at radius 3 is 2.59 bits per heavy atom. The van der Waals surface area contributed by atoms with E-state index in [9.17, 15) is 0 Å². The predicted octanol–water partition coefficient (Wildman–Crippen LogP) is 1.99. The van der Waals surface area contributed by atoms with Crippen LogP contribution in [0.2, 0.25) is 0 Å². The van der Waals surface area contributed by atoms with Crippen molar-refractivity contribution in [3.8, 4) is 0 Å². The van der Waals surface area contributed by atoms with Gasteiger partial charge in [-0.15, -0.1) is 0 Å². The van der Waals surface area contributed by atoms with E-state index < -0.39 is 0 Å². The number of hydrogen-bond acceptors (Lipinski definition) is 3. The maximum Gasteiger partial charge on any atom is 0.0935 e. The molecule has 2 aromatic rings. The van der Waals surface area contributed by atoms with Gasteiger partial charge in [0.2, 0.25) is 0 Å². The molecule has 1 aromatic heterocycles. The fraction of sp³-hybridized carbons (Fsp3) is 0.357. The molecule has 1 aliphatic heterocycles. The van der Waals surface area contributed by atoms with Crippen LogP contribution in [0, 0.1) is 0 Å². The molecule has 1 aromatic carbocycles. The van der Waals surface area contributed by atoms with Crippen LogP contribution in [0.25, 0.3) is 10.9 Å². The molecular weight excluding hydrogens is 210 g/mol. The third-order valence-electron chi connectivity index (χ3n) is 3.46. The highest BCUT2D eigenvalue weighted by atomic mass is 15.2. The van der Waals surface area contributed by atoms with Gasteiger partial charge in [0, 0.05) is 37.8 Å². The van der Waals surface area contributed by atoms with Gasteiger partial charge in [-0.05, 0) is 19.2 Å². The van der Waals surface area contributed by atoms with E-state index in [2.05, 4.69) is 46.1 Å². The molecule has 0 bridgehead atoms. The van der Waals surface area contributed by atoms with E-state index in [1.54, 1.807) is 0 Å². The van der Waals surface area contributed by atoms with Gasteiger partial charge in [-0.2, -0.15) is 0 Å². The van der Waals surface area contributed by atoms with Crippen LogP contribution in [0.1, 0.15) is 0 Å². The number of anilines is 1. The number of nitrogens with zero attached hydrogens (tertiary/aromatic N) is 3. The number of fused-ring (bicyclic) bond motifs is 1. The summed E-state index contributed by atoms with van der Waals surface area (Å²) in [5.41, 5.74) is 2.40. The van der Waals surface area contributed by atoms with E-state index in [0.29, 0.717) is 0 Å². The van der Waals surface area contributed by atoms with Crippen LogP contribution in [0.4, 0.5) is 5.69 Å². The van der Waals surface area contributed by atoms with E-state index in [1.807, 2.05) is 12.3 Å². The molecular formula is C14H17N3. The first kappa shape index (κ1) is 10.5. The van der Waals surface area contributed by atoms with Crippen molar-refractivity contribution in [3.63, 3.8) is 0 Å². The van der Waals surface area contributed by atoms with Crippen molar-refractivity contribution in [2.45, 2.75) is 0 Å². The lowest BCUT2D eigenvalue weighted by molar-refractivity contribution is 0.313. The normalized spacial score (nSPS) is 17.6. The molecule has 3 nitrogen and oxygen atoms in total. The first-order valence-electron chi connectivity index (χ1n) is 6.12. The van der Waals surface area contributed by atoms with Crippen LogP contribution in [0.15, 0.2) is 36.5 Å². The largest absolute Gasteiger partial charge is 0.367 e. The molecule has 3 rings (SSSR count). The zero-order valence-electron chi connectivity index (χ0n) is 10.1. The zero-order valence-corrected chi connectivity index (χ0v) is 10.1. The van der Waals surface area contributed by atoms with Crippen molar-refractivity contribution in [1.82, 2.24) is 9.88 Å². The summed E-state index contributed by atoms with van der Waals surface area (Å²) in [5, 5.41) is 1.23. The van der Waals surface area contributed by atoms with Crippen molar-refractivity contribution in [3.05, 3.63) is 36.5 Å². The molecule has 1 fully saturated rings. The van der Waals surface area contributed by atoms with Crippen molar-refractivity contribution < 1.29 is 0 Å². The Labute approximate surface area is 102 Å². The first-order valence-corrected chi connectivity index (χ1v) is 6.12. The molecule has 0 radical (unpaired) electrons.